The predicted molar refractivity (Wildman–Crippen MR) is 105 cm³/mol. The van der Waals surface area contributed by atoms with Crippen molar-refractivity contribution in [3.8, 4) is 11.3 Å². The third-order valence-corrected chi connectivity index (χ3v) is 5.73. The standard InChI is InChI=1S/C22H27N3O2/c1-3-5-19-15-20(24-16(2)23-19)17-6-4-7-18(14-17)21(26)25-11-8-22(9-12-25)10-13-27-22/h4,6-7,14-15H,3,5,8-13H2,1-2H3. The molecule has 1 amide bonds. The van der Waals surface area contributed by atoms with Gasteiger partial charge in [0.2, 0.25) is 0 Å². The first-order chi connectivity index (χ1) is 13.1. The summed E-state index contributed by atoms with van der Waals surface area (Å²) < 4.78 is 5.76. The number of carbonyl (C=O) groups is 1. The van der Waals surface area contributed by atoms with Gasteiger partial charge in [0.15, 0.2) is 0 Å². The van der Waals surface area contributed by atoms with Crippen molar-refractivity contribution in [2.24, 2.45) is 0 Å². The quantitative estimate of drug-likeness (QED) is 0.827. The molecule has 1 aromatic heterocycles. The lowest BCUT2D eigenvalue weighted by molar-refractivity contribution is -0.169. The van der Waals surface area contributed by atoms with Gasteiger partial charge in [0.1, 0.15) is 5.82 Å². The normalized spacial score (nSPS) is 18.4. The molecule has 0 aliphatic carbocycles. The summed E-state index contributed by atoms with van der Waals surface area (Å²) in [7, 11) is 0. The SMILES string of the molecule is CCCc1cc(-c2cccc(C(=O)N3CCC4(CCO4)CC3)c2)nc(C)n1. The molecule has 5 nitrogen and oxygen atoms in total. The highest BCUT2D eigenvalue weighted by atomic mass is 16.5. The number of ether oxygens (including phenoxy) is 1. The molecule has 0 N–H and O–H groups in total. The lowest BCUT2D eigenvalue weighted by atomic mass is 9.84. The first-order valence-electron chi connectivity index (χ1n) is 9.97. The number of amides is 1. The second-order valence-corrected chi connectivity index (χ2v) is 7.70. The first kappa shape index (κ1) is 18.1. The van der Waals surface area contributed by atoms with Crippen LogP contribution in [0.25, 0.3) is 11.3 Å². The Kier molecular flexibility index (Phi) is 4.96. The van der Waals surface area contributed by atoms with Crippen LogP contribution < -0.4 is 0 Å². The van der Waals surface area contributed by atoms with E-state index in [1.54, 1.807) is 0 Å². The van der Waals surface area contributed by atoms with Crippen LogP contribution in [0.3, 0.4) is 0 Å². The highest BCUT2D eigenvalue weighted by Crippen LogP contribution is 2.37. The van der Waals surface area contributed by atoms with Crippen LogP contribution in [0.2, 0.25) is 0 Å². The summed E-state index contributed by atoms with van der Waals surface area (Å²) in [6.07, 6.45) is 5.02. The largest absolute Gasteiger partial charge is 0.375 e. The van der Waals surface area contributed by atoms with Crippen molar-refractivity contribution in [1.29, 1.82) is 0 Å². The highest BCUT2D eigenvalue weighted by Gasteiger charge is 2.42. The number of hydrogen-bond acceptors (Lipinski definition) is 4. The van der Waals surface area contributed by atoms with Crippen molar-refractivity contribution in [3.63, 3.8) is 0 Å². The second-order valence-electron chi connectivity index (χ2n) is 7.70. The first-order valence-corrected chi connectivity index (χ1v) is 9.97. The van der Waals surface area contributed by atoms with Crippen LogP contribution in [0.4, 0.5) is 0 Å². The number of aromatic nitrogens is 2. The van der Waals surface area contributed by atoms with Crippen molar-refractivity contribution in [2.45, 2.75) is 51.6 Å². The molecule has 2 aliphatic rings. The minimum Gasteiger partial charge on any atom is -0.375 e. The predicted octanol–water partition coefficient (Wildman–Crippen LogP) is 3.80. The van der Waals surface area contributed by atoms with Gasteiger partial charge >= 0.3 is 0 Å². The van der Waals surface area contributed by atoms with E-state index in [9.17, 15) is 4.79 Å². The molecule has 142 valence electrons. The van der Waals surface area contributed by atoms with Gasteiger partial charge in [0, 0.05) is 29.9 Å². The van der Waals surface area contributed by atoms with Crippen molar-refractivity contribution >= 4 is 5.91 Å². The Hall–Kier alpha value is -2.27. The summed E-state index contributed by atoms with van der Waals surface area (Å²) in [6.45, 7) is 6.48. The Morgan fingerprint density at radius 3 is 2.63 bits per heavy atom. The zero-order valence-electron chi connectivity index (χ0n) is 16.2. The van der Waals surface area contributed by atoms with Crippen LogP contribution in [0.1, 0.15) is 54.5 Å². The fourth-order valence-corrected chi connectivity index (χ4v) is 4.06. The van der Waals surface area contributed by atoms with Gasteiger partial charge in [-0.3, -0.25) is 4.79 Å². The fraction of sp³-hybridized carbons (Fsp3) is 0.500. The molecule has 4 rings (SSSR count). The van der Waals surface area contributed by atoms with Gasteiger partial charge in [0.25, 0.3) is 5.91 Å². The molecule has 2 aromatic rings. The average Bonchev–Trinajstić information content (AvgIpc) is 2.66. The highest BCUT2D eigenvalue weighted by molar-refractivity contribution is 5.95. The number of likely N-dealkylation sites (tertiary alicyclic amines) is 1. The molecule has 0 atom stereocenters. The molecule has 1 aromatic carbocycles. The van der Waals surface area contributed by atoms with Gasteiger partial charge in [-0.1, -0.05) is 25.5 Å². The van der Waals surface area contributed by atoms with Crippen LogP contribution >= 0.6 is 0 Å². The summed E-state index contributed by atoms with van der Waals surface area (Å²) in [4.78, 5) is 24.0. The third-order valence-electron chi connectivity index (χ3n) is 5.73. The minimum absolute atomic E-state index is 0.0623. The summed E-state index contributed by atoms with van der Waals surface area (Å²) in [5.74, 6) is 0.875. The molecule has 2 aliphatic heterocycles. The molecule has 3 heterocycles. The number of hydrogen-bond donors (Lipinski definition) is 0. The lowest BCUT2D eigenvalue weighted by Gasteiger charge is -2.47. The van der Waals surface area contributed by atoms with E-state index in [0.717, 1.165) is 80.1 Å². The number of aryl methyl sites for hydroxylation is 2. The Bertz CT molecular complexity index is 835. The maximum Gasteiger partial charge on any atom is 0.253 e. The summed E-state index contributed by atoms with van der Waals surface area (Å²) >= 11 is 0. The fourth-order valence-electron chi connectivity index (χ4n) is 4.06. The molecule has 0 unspecified atom stereocenters. The van der Waals surface area contributed by atoms with Crippen molar-refractivity contribution in [2.75, 3.05) is 19.7 Å². The van der Waals surface area contributed by atoms with E-state index < -0.39 is 0 Å². The van der Waals surface area contributed by atoms with E-state index in [0.29, 0.717) is 0 Å². The number of nitrogens with zero attached hydrogens (tertiary/aromatic N) is 3. The maximum atomic E-state index is 13.0. The molecule has 1 spiro atoms. The van der Waals surface area contributed by atoms with Crippen LogP contribution in [-0.2, 0) is 11.2 Å². The van der Waals surface area contributed by atoms with Crippen LogP contribution in [-0.4, -0.2) is 46.1 Å². The second kappa shape index (κ2) is 7.39. The van der Waals surface area contributed by atoms with Crippen molar-refractivity contribution in [3.05, 3.63) is 47.4 Å². The van der Waals surface area contributed by atoms with Crippen LogP contribution in [0.5, 0.6) is 0 Å². The Balaban J connectivity index is 1.53. The van der Waals surface area contributed by atoms with E-state index >= 15 is 0 Å². The number of rotatable bonds is 4. The number of piperidine rings is 1. The molecule has 5 heteroatoms. The molecule has 2 saturated heterocycles. The van der Waals surface area contributed by atoms with Gasteiger partial charge in [-0.05, 0) is 50.8 Å². The third kappa shape index (κ3) is 3.74. The molecule has 0 radical (unpaired) electrons. The van der Waals surface area contributed by atoms with Gasteiger partial charge in [-0.15, -0.1) is 0 Å². The zero-order valence-corrected chi connectivity index (χ0v) is 16.2. The molecular weight excluding hydrogens is 338 g/mol. The van der Waals surface area contributed by atoms with Crippen LogP contribution in [0.15, 0.2) is 30.3 Å². The van der Waals surface area contributed by atoms with E-state index in [2.05, 4.69) is 16.9 Å². The Morgan fingerprint density at radius 1 is 1.19 bits per heavy atom. The summed E-state index contributed by atoms with van der Waals surface area (Å²) in [6, 6.07) is 9.86. The van der Waals surface area contributed by atoms with E-state index in [-0.39, 0.29) is 11.5 Å². The molecular formula is C22H27N3O2. The van der Waals surface area contributed by atoms with E-state index in [1.807, 2.05) is 42.2 Å². The van der Waals surface area contributed by atoms with Crippen molar-refractivity contribution < 1.29 is 9.53 Å². The van der Waals surface area contributed by atoms with Gasteiger partial charge < -0.3 is 9.64 Å². The van der Waals surface area contributed by atoms with E-state index in [1.165, 1.54) is 0 Å². The smallest absolute Gasteiger partial charge is 0.253 e. The summed E-state index contributed by atoms with van der Waals surface area (Å²) in [5, 5.41) is 0. The lowest BCUT2D eigenvalue weighted by Crippen LogP contribution is -2.53. The van der Waals surface area contributed by atoms with Gasteiger partial charge in [0.05, 0.1) is 17.9 Å². The maximum absolute atomic E-state index is 13.0. The molecule has 0 saturated carbocycles. The van der Waals surface area contributed by atoms with Gasteiger partial charge in [-0.25, -0.2) is 9.97 Å². The van der Waals surface area contributed by atoms with Crippen molar-refractivity contribution in [1.82, 2.24) is 14.9 Å². The molecule has 27 heavy (non-hydrogen) atoms. The van der Waals surface area contributed by atoms with Crippen LogP contribution in [0, 0.1) is 6.92 Å². The average molecular weight is 365 g/mol. The topological polar surface area (TPSA) is 55.3 Å². The minimum atomic E-state index is 0.0623. The summed E-state index contributed by atoms with van der Waals surface area (Å²) in [5.41, 5.74) is 3.71. The Labute approximate surface area is 160 Å². The van der Waals surface area contributed by atoms with Gasteiger partial charge in [-0.2, -0.15) is 0 Å². The molecule has 0 bridgehead atoms. The zero-order chi connectivity index (χ0) is 18.9. The molecule has 2 fully saturated rings. The number of carbonyl (C=O) groups excluding carboxylic acids is 1. The Morgan fingerprint density at radius 2 is 1.96 bits per heavy atom. The number of benzene rings is 1. The monoisotopic (exact) mass is 365 g/mol. The van der Waals surface area contributed by atoms with E-state index in [4.69, 9.17) is 4.74 Å².